The normalized spacial score (nSPS) is 17.7. The SMILES string of the molecule is COC(=O)NCC(=O)N1CCCC1c1nc2ccccc2[nH]1. The highest BCUT2D eigenvalue weighted by molar-refractivity contribution is 5.83. The highest BCUT2D eigenvalue weighted by atomic mass is 16.5. The summed E-state index contributed by atoms with van der Waals surface area (Å²) in [5, 5.41) is 2.42. The number of fused-ring (bicyclic) bond motifs is 1. The molecule has 22 heavy (non-hydrogen) atoms. The smallest absolute Gasteiger partial charge is 0.407 e. The van der Waals surface area contributed by atoms with Gasteiger partial charge in [-0.05, 0) is 25.0 Å². The monoisotopic (exact) mass is 302 g/mol. The average molecular weight is 302 g/mol. The summed E-state index contributed by atoms with van der Waals surface area (Å²) in [6.07, 6.45) is 1.18. The number of amides is 2. The fourth-order valence-corrected chi connectivity index (χ4v) is 2.80. The number of hydrogen-bond donors (Lipinski definition) is 2. The van der Waals surface area contributed by atoms with Crippen molar-refractivity contribution in [2.24, 2.45) is 0 Å². The van der Waals surface area contributed by atoms with Crippen molar-refractivity contribution in [2.45, 2.75) is 18.9 Å². The number of aromatic nitrogens is 2. The van der Waals surface area contributed by atoms with E-state index in [1.165, 1.54) is 7.11 Å². The second-order valence-corrected chi connectivity index (χ2v) is 5.23. The molecular formula is C15H18N4O3. The second-order valence-electron chi connectivity index (χ2n) is 5.23. The van der Waals surface area contributed by atoms with Crippen LogP contribution in [0.25, 0.3) is 11.0 Å². The first-order valence-corrected chi connectivity index (χ1v) is 7.25. The van der Waals surface area contributed by atoms with E-state index in [2.05, 4.69) is 20.0 Å². The molecule has 1 atom stereocenters. The standard InChI is InChI=1S/C15H18N4O3/c1-22-15(21)16-9-13(20)19-8-4-7-12(19)14-17-10-5-2-3-6-11(10)18-14/h2-3,5-6,12H,4,7-9H2,1H3,(H,16,21)(H,17,18). The number of carbonyl (C=O) groups excluding carboxylic acids is 2. The average Bonchev–Trinajstić information content (AvgIpc) is 3.17. The third-order valence-electron chi connectivity index (χ3n) is 3.87. The van der Waals surface area contributed by atoms with Gasteiger partial charge in [0.25, 0.3) is 0 Å². The van der Waals surface area contributed by atoms with Gasteiger partial charge in [0.2, 0.25) is 5.91 Å². The number of rotatable bonds is 3. The molecule has 1 aromatic heterocycles. The van der Waals surface area contributed by atoms with Crippen LogP contribution in [0.2, 0.25) is 0 Å². The topological polar surface area (TPSA) is 87.3 Å². The molecular weight excluding hydrogens is 284 g/mol. The van der Waals surface area contributed by atoms with Crippen molar-refractivity contribution >= 4 is 23.0 Å². The third-order valence-corrected chi connectivity index (χ3v) is 3.87. The Labute approximate surface area is 127 Å². The van der Waals surface area contributed by atoms with Crippen molar-refractivity contribution < 1.29 is 14.3 Å². The van der Waals surface area contributed by atoms with E-state index in [1.807, 2.05) is 24.3 Å². The molecule has 1 unspecified atom stereocenters. The van der Waals surface area contributed by atoms with Gasteiger partial charge in [-0.15, -0.1) is 0 Å². The Morgan fingerprint density at radius 1 is 1.45 bits per heavy atom. The van der Waals surface area contributed by atoms with Crippen LogP contribution in [0.5, 0.6) is 0 Å². The maximum atomic E-state index is 12.3. The minimum absolute atomic E-state index is 0.0661. The lowest BCUT2D eigenvalue weighted by molar-refractivity contribution is -0.131. The number of hydrogen-bond acceptors (Lipinski definition) is 4. The van der Waals surface area contributed by atoms with Crippen molar-refractivity contribution in [1.29, 1.82) is 0 Å². The van der Waals surface area contributed by atoms with Gasteiger partial charge in [0.1, 0.15) is 12.4 Å². The van der Waals surface area contributed by atoms with E-state index in [0.29, 0.717) is 6.54 Å². The van der Waals surface area contributed by atoms with E-state index in [0.717, 1.165) is 29.7 Å². The molecule has 0 bridgehead atoms. The van der Waals surface area contributed by atoms with Gasteiger partial charge < -0.3 is 19.9 Å². The molecule has 1 saturated heterocycles. The largest absolute Gasteiger partial charge is 0.453 e. The van der Waals surface area contributed by atoms with Gasteiger partial charge in [-0.2, -0.15) is 0 Å². The number of para-hydroxylation sites is 2. The maximum Gasteiger partial charge on any atom is 0.407 e. The molecule has 0 radical (unpaired) electrons. The molecule has 2 amide bonds. The summed E-state index contributed by atoms with van der Waals surface area (Å²) >= 11 is 0. The molecule has 2 N–H and O–H groups in total. The van der Waals surface area contributed by atoms with Crippen LogP contribution in [0.15, 0.2) is 24.3 Å². The van der Waals surface area contributed by atoms with E-state index in [9.17, 15) is 9.59 Å². The van der Waals surface area contributed by atoms with Crippen LogP contribution in [0, 0.1) is 0 Å². The summed E-state index contributed by atoms with van der Waals surface area (Å²) in [4.78, 5) is 33.0. The van der Waals surface area contributed by atoms with Crippen LogP contribution in [0.3, 0.4) is 0 Å². The summed E-state index contributed by atoms with van der Waals surface area (Å²) in [5.74, 6) is 0.665. The fraction of sp³-hybridized carbons (Fsp3) is 0.400. The molecule has 1 fully saturated rings. The van der Waals surface area contributed by atoms with Crippen LogP contribution in [-0.2, 0) is 9.53 Å². The number of benzene rings is 1. The Bertz CT molecular complexity index is 664. The van der Waals surface area contributed by atoms with Gasteiger partial charge in [-0.1, -0.05) is 12.1 Å². The van der Waals surface area contributed by atoms with Crippen molar-refractivity contribution in [1.82, 2.24) is 20.2 Å². The van der Waals surface area contributed by atoms with Crippen molar-refractivity contribution in [3.63, 3.8) is 0 Å². The predicted molar refractivity (Wildman–Crippen MR) is 80.2 cm³/mol. The highest BCUT2D eigenvalue weighted by Gasteiger charge is 2.32. The Hall–Kier alpha value is -2.57. The lowest BCUT2D eigenvalue weighted by atomic mass is 10.2. The minimum Gasteiger partial charge on any atom is -0.453 e. The number of likely N-dealkylation sites (tertiary alicyclic amines) is 1. The van der Waals surface area contributed by atoms with Crippen LogP contribution >= 0.6 is 0 Å². The summed E-state index contributed by atoms with van der Waals surface area (Å²) in [6.45, 7) is 0.604. The minimum atomic E-state index is -0.604. The highest BCUT2D eigenvalue weighted by Crippen LogP contribution is 2.31. The molecule has 2 heterocycles. The molecule has 1 aliphatic rings. The number of methoxy groups -OCH3 is 1. The summed E-state index contributed by atoms with van der Waals surface area (Å²) in [5.41, 5.74) is 1.86. The molecule has 3 rings (SSSR count). The van der Waals surface area contributed by atoms with Crippen LogP contribution in [-0.4, -0.2) is 47.1 Å². The summed E-state index contributed by atoms with van der Waals surface area (Å²) < 4.78 is 4.48. The van der Waals surface area contributed by atoms with E-state index in [1.54, 1.807) is 4.90 Å². The Kier molecular flexibility index (Phi) is 3.95. The van der Waals surface area contributed by atoms with E-state index in [-0.39, 0.29) is 18.5 Å². The number of H-pyrrole nitrogens is 1. The summed E-state index contributed by atoms with van der Waals surface area (Å²) in [6, 6.07) is 7.72. The zero-order valence-electron chi connectivity index (χ0n) is 12.3. The van der Waals surface area contributed by atoms with Gasteiger partial charge in [0.05, 0.1) is 24.2 Å². The number of ether oxygens (including phenoxy) is 1. The third kappa shape index (κ3) is 2.74. The molecule has 1 aliphatic heterocycles. The number of imidazole rings is 1. The maximum absolute atomic E-state index is 12.3. The van der Waals surface area contributed by atoms with Crippen molar-refractivity contribution in [3.8, 4) is 0 Å². The molecule has 2 aromatic rings. The van der Waals surface area contributed by atoms with Gasteiger partial charge in [-0.3, -0.25) is 4.79 Å². The number of nitrogens with one attached hydrogen (secondary N) is 2. The van der Waals surface area contributed by atoms with Gasteiger partial charge in [0, 0.05) is 6.54 Å². The van der Waals surface area contributed by atoms with Gasteiger partial charge >= 0.3 is 6.09 Å². The first kappa shape index (κ1) is 14.4. The molecule has 7 heteroatoms. The molecule has 7 nitrogen and oxygen atoms in total. The van der Waals surface area contributed by atoms with E-state index < -0.39 is 6.09 Å². The Morgan fingerprint density at radius 2 is 2.27 bits per heavy atom. The first-order chi connectivity index (χ1) is 10.7. The zero-order chi connectivity index (χ0) is 15.5. The Morgan fingerprint density at radius 3 is 3.05 bits per heavy atom. The van der Waals surface area contributed by atoms with Crippen molar-refractivity contribution in [2.75, 3.05) is 20.2 Å². The van der Waals surface area contributed by atoms with Gasteiger partial charge in [-0.25, -0.2) is 9.78 Å². The number of alkyl carbamates (subject to hydrolysis) is 1. The van der Waals surface area contributed by atoms with Gasteiger partial charge in [0.15, 0.2) is 0 Å². The van der Waals surface area contributed by atoms with Crippen LogP contribution in [0.4, 0.5) is 4.79 Å². The molecule has 1 aromatic carbocycles. The molecule has 0 saturated carbocycles. The first-order valence-electron chi connectivity index (χ1n) is 7.25. The number of aromatic amines is 1. The number of nitrogens with zero attached hydrogens (tertiary/aromatic N) is 2. The molecule has 116 valence electrons. The van der Waals surface area contributed by atoms with Crippen LogP contribution < -0.4 is 5.32 Å². The molecule has 0 aliphatic carbocycles. The Balaban J connectivity index is 1.75. The summed E-state index contributed by atoms with van der Waals surface area (Å²) in [7, 11) is 1.27. The lowest BCUT2D eigenvalue weighted by Crippen LogP contribution is -2.40. The quantitative estimate of drug-likeness (QED) is 0.901. The second kappa shape index (κ2) is 6.05. The fourth-order valence-electron chi connectivity index (χ4n) is 2.80. The van der Waals surface area contributed by atoms with Crippen molar-refractivity contribution in [3.05, 3.63) is 30.1 Å². The zero-order valence-corrected chi connectivity index (χ0v) is 12.3. The predicted octanol–water partition coefficient (Wildman–Crippen LogP) is 1.58. The molecule has 0 spiro atoms. The van der Waals surface area contributed by atoms with E-state index in [4.69, 9.17) is 0 Å². The number of carbonyl (C=O) groups is 2. The van der Waals surface area contributed by atoms with E-state index >= 15 is 0 Å². The lowest BCUT2D eigenvalue weighted by Gasteiger charge is -2.23. The van der Waals surface area contributed by atoms with Crippen LogP contribution in [0.1, 0.15) is 24.7 Å².